The van der Waals surface area contributed by atoms with E-state index >= 15 is 0 Å². The summed E-state index contributed by atoms with van der Waals surface area (Å²) in [6.07, 6.45) is 3.02. The van der Waals surface area contributed by atoms with E-state index in [1.165, 1.54) is 36.4 Å². The highest BCUT2D eigenvalue weighted by molar-refractivity contribution is 5.88. The van der Waals surface area contributed by atoms with Crippen LogP contribution in [0.3, 0.4) is 0 Å². The van der Waals surface area contributed by atoms with E-state index in [0.29, 0.717) is 17.7 Å². The van der Waals surface area contributed by atoms with Crippen LogP contribution in [0.25, 0.3) is 6.08 Å². The molecule has 0 spiro atoms. The number of carbonyl (C=O) groups is 1. The van der Waals surface area contributed by atoms with Crippen molar-refractivity contribution in [2.24, 2.45) is 0 Å². The minimum Gasteiger partial charge on any atom is -0.435 e. The van der Waals surface area contributed by atoms with Crippen molar-refractivity contribution in [1.29, 1.82) is 5.26 Å². The lowest BCUT2D eigenvalue weighted by molar-refractivity contribution is -0.128. The molecular formula is C18H13F2NO3. The zero-order valence-corrected chi connectivity index (χ0v) is 12.5. The predicted octanol–water partition coefficient (Wildman–Crippen LogP) is 3.97. The Bertz CT molecular complexity index is 747. The van der Waals surface area contributed by atoms with E-state index in [0.717, 1.165) is 5.56 Å². The number of rotatable bonds is 6. The Morgan fingerprint density at radius 1 is 1.08 bits per heavy atom. The molecule has 2 aromatic carbocycles. The summed E-state index contributed by atoms with van der Waals surface area (Å²) < 4.78 is 33.4. The van der Waals surface area contributed by atoms with Crippen LogP contribution in [0.4, 0.5) is 8.78 Å². The van der Waals surface area contributed by atoms with Crippen LogP contribution in [-0.2, 0) is 11.2 Å². The first-order chi connectivity index (χ1) is 11.6. The highest BCUT2D eigenvalue weighted by Crippen LogP contribution is 2.16. The first kappa shape index (κ1) is 17.2. The smallest absolute Gasteiger partial charge is 0.387 e. The van der Waals surface area contributed by atoms with Crippen LogP contribution in [0.2, 0.25) is 0 Å². The number of benzene rings is 2. The first-order valence-corrected chi connectivity index (χ1v) is 6.97. The van der Waals surface area contributed by atoms with Gasteiger partial charge in [0.15, 0.2) is 0 Å². The number of nitriles is 1. The van der Waals surface area contributed by atoms with Crippen molar-refractivity contribution in [3.8, 4) is 17.6 Å². The van der Waals surface area contributed by atoms with Crippen LogP contribution in [0.5, 0.6) is 11.5 Å². The fourth-order valence-electron chi connectivity index (χ4n) is 1.84. The van der Waals surface area contributed by atoms with Crippen LogP contribution in [0.1, 0.15) is 11.1 Å². The van der Waals surface area contributed by atoms with Crippen molar-refractivity contribution < 1.29 is 23.0 Å². The van der Waals surface area contributed by atoms with E-state index in [1.807, 2.05) is 6.07 Å². The Balaban J connectivity index is 1.91. The van der Waals surface area contributed by atoms with Crippen LogP contribution in [-0.4, -0.2) is 12.6 Å². The largest absolute Gasteiger partial charge is 0.435 e. The lowest BCUT2D eigenvalue weighted by Crippen LogP contribution is -2.03. The molecule has 0 radical (unpaired) electrons. The topological polar surface area (TPSA) is 59.3 Å². The molecule has 0 heterocycles. The fraction of sp³-hybridized carbons (Fsp3) is 0.111. The van der Waals surface area contributed by atoms with Crippen molar-refractivity contribution in [2.45, 2.75) is 13.0 Å². The zero-order chi connectivity index (χ0) is 17.4. The summed E-state index contributed by atoms with van der Waals surface area (Å²) >= 11 is 0. The lowest BCUT2D eigenvalue weighted by atomic mass is 10.2. The van der Waals surface area contributed by atoms with Crippen LogP contribution in [0.15, 0.2) is 54.6 Å². The van der Waals surface area contributed by atoms with Gasteiger partial charge in [-0.3, -0.25) is 0 Å². The lowest BCUT2D eigenvalue weighted by Gasteiger charge is -2.04. The third-order valence-electron chi connectivity index (χ3n) is 2.94. The zero-order valence-electron chi connectivity index (χ0n) is 12.5. The molecule has 0 saturated carbocycles. The van der Waals surface area contributed by atoms with E-state index < -0.39 is 12.6 Å². The number of ether oxygens (including phenoxy) is 2. The third-order valence-corrected chi connectivity index (χ3v) is 2.94. The Labute approximate surface area is 137 Å². The second-order valence-electron chi connectivity index (χ2n) is 4.68. The molecule has 0 aliphatic heterocycles. The average Bonchev–Trinajstić information content (AvgIpc) is 2.56. The molecule has 0 N–H and O–H groups in total. The van der Waals surface area contributed by atoms with Crippen molar-refractivity contribution >= 4 is 12.0 Å². The van der Waals surface area contributed by atoms with E-state index in [2.05, 4.69) is 4.74 Å². The van der Waals surface area contributed by atoms with Gasteiger partial charge in [0.05, 0.1) is 12.5 Å². The second-order valence-corrected chi connectivity index (χ2v) is 4.68. The normalized spacial score (nSPS) is 10.6. The molecule has 0 aliphatic rings. The molecule has 4 nitrogen and oxygen atoms in total. The highest BCUT2D eigenvalue weighted by atomic mass is 19.3. The summed E-state index contributed by atoms with van der Waals surface area (Å²) in [7, 11) is 0. The van der Waals surface area contributed by atoms with Crippen LogP contribution in [0, 0.1) is 11.3 Å². The van der Waals surface area contributed by atoms with Gasteiger partial charge in [0.25, 0.3) is 0 Å². The van der Waals surface area contributed by atoms with E-state index in [9.17, 15) is 13.6 Å². The summed E-state index contributed by atoms with van der Waals surface area (Å²) in [6.45, 7) is -2.87. The molecule has 0 aromatic heterocycles. The number of hydrogen-bond donors (Lipinski definition) is 0. The molecule has 2 aromatic rings. The van der Waals surface area contributed by atoms with Gasteiger partial charge in [0.1, 0.15) is 11.5 Å². The number of nitrogens with zero attached hydrogens (tertiary/aromatic N) is 1. The minimum absolute atomic E-state index is 0.0437. The molecule has 0 aliphatic carbocycles. The summed E-state index contributed by atoms with van der Waals surface area (Å²) in [6, 6.07) is 14.5. The van der Waals surface area contributed by atoms with Crippen molar-refractivity contribution in [3.05, 3.63) is 65.7 Å². The molecule has 0 saturated heterocycles. The molecular weight excluding hydrogens is 316 g/mol. The monoisotopic (exact) mass is 329 g/mol. The number of hydrogen-bond acceptors (Lipinski definition) is 4. The maximum Gasteiger partial charge on any atom is 0.387 e. The van der Waals surface area contributed by atoms with Gasteiger partial charge in [-0.25, -0.2) is 4.79 Å². The number of carbonyl (C=O) groups excluding carboxylic acids is 1. The van der Waals surface area contributed by atoms with Gasteiger partial charge >= 0.3 is 12.6 Å². The number of alkyl halides is 2. The molecule has 2 rings (SSSR count). The van der Waals surface area contributed by atoms with E-state index in [4.69, 9.17) is 10.00 Å². The molecule has 0 atom stereocenters. The first-order valence-electron chi connectivity index (χ1n) is 6.97. The molecule has 0 unspecified atom stereocenters. The molecule has 6 heteroatoms. The quantitative estimate of drug-likeness (QED) is 0.457. The van der Waals surface area contributed by atoms with Crippen molar-refractivity contribution in [1.82, 2.24) is 0 Å². The fourth-order valence-corrected chi connectivity index (χ4v) is 1.84. The SMILES string of the molecule is N#CCc1ccc(OC(=O)/C=C/c2ccc(OC(F)F)cc2)cc1. The van der Waals surface area contributed by atoms with Crippen LogP contribution >= 0.6 is 0 Å². The number of halogens is 2. The number of esters is 1. The van der Waals surface area contributed by atoms with E-state index in [1.54, 1.807) is 24.3 Å². The summed E-state index contributed by atoms with van der Waals surface area (Å²) in [5, 5.41) is 8.58. The summed E-state index contributed by atoms with van der Waals surface area (Å²) in [4.78, 5) is 11.7. The predicted molar refractivity (Wildman–Crippen MR) is 83.5 cm³/mol. The maximum absolute atomic E-state index is 12.0. The van der Waals surface area contributed by atoms with Gasteiger partial charge in [-0.05, 0) is 41.5 Å². The molecule has 0 bridgehead atoms. The standard InChI is InChI=1S/C18H13F2NO3/c19-18(20)24-16-8-1-13(2-9-16)5-10-17(22)23-15-6-3-14(4-7-15)11-12-21/h1-10,18H,11H2/b10-5+. The average molecular weight is 329 g/mol. The summed E-state index contributed by atoms with van der Waals surface area (Å²) in [5.74, 6) is -0.162. The van der Waals surface area contributed by atoms with Gasteiger partial charge < -0.3 is 9.47 Å². The Kier molecular flexibility index (Phi) is 6.03. The maximum atomic E-state index is 12.0. The second kappa shape index (κ2) is 8.44. The molecule has 24 heavy (non-hydrogen) atoms. The van der Waals surface area contributed by atoms with Crippen LogP contribution < -0.4 is 9.47 Å². The summed E-state index contributed by atoms with van der Waals surface area (Å²) in [5.41, 5.74) is 1.47. The Morgan fingerprint density at radius 3 is 2.29 bits per heavy atom. The van der Waals surface area contributed by atoms with E-state index in [-0.39, 0.29) is 5.75 Å². The van der Waals surface area contributed by atoms with Gasteiger partial charge in [0, 0.05) is 6.08 Å². The highest BCUT2D eigenvalue weighted by Gasteiger charge is 2.04. The van der Waals surface area contributed by atoms with Crippen molar-refractivity contribution in [2.75, 3.05) is 0 Å². The molecule has 0 fully saturated rings. The minimum atomic E-state index is -2.87. The van der Waals surface area contributed by atoms with Crippen molar-refractivity contribution in [3.63, 3.8) is 0 Å². The van der Waals surface area contributed by atoms with Gasteiger partial charge in [-0.1, -0.05) is 24.3 Å². The van der Waals surface area contributed by atoms with Gasteiger partial charge in [-0.2, -0.15) is 14.0 Å². The Morgan fingerprint density at radius 2 is 1.71 bits per heavy atom. The Hall–Kier alpha value is -3.20. The molecule has 0 amide bonds. The molecule has 122 valence electrons. The van der Waals surface area contributed by atoms with Gasteiger partial charge in [-0.15, -0.1) is 0 Å². The third kappa shape index (κ3) is 5.54. The van der Waals surface area contributed by atoms with Gasteiger partial charge in [0.2, 0.25) is 0 Å².